The van der Waals surface area contributed by atoms with Crippen molar-refractivity contribution in [2.45, 2.75) is 24.1 Å². The number of methoxy groups -OCH3 is 1. The molecule has 2 aromatic carbocycles. The van der Waals surface area contributed by atoms with Crippen molar-refractivity contribution in [3.05, 3.63) is 53.2 Å². The fourth-order valence-electron chi connectivity index (χ4n) is 4.22. The third kappa shape index (κ3) is 5.46. The number of aryl methyl sites for hydroxylation is 1. The van der Waals surface area contributed by atoms with Crippen molar-refractivity contribution in [3.63, 3.8) is 0 Å². The number of hydrogen-bond donors (Lipinski definition) is 1. The highest BCUT2D eigenvalue weighted by molar-refractivity contribution is 7.98. The Labute approximate surface area is 210 Å². The molecule has 0 saturated carbocycles. The molecule has 0 radical (unpaired) electrons. The van der Waals surface area contributed by atoms with Crippen molar-refractivity contribution in [1.82, 2.24) is 9.47 Å². The molecule has 0 unspecified atom stereocenters. The second-order valence-corrected chi connectivity index (χ2v) is 8.96. The summed E-state index contributed by atoms with van der Waals surface area (Å²) < 4.78 is 18.3. The number of thioether (sulfide) groups is 1. The van der Waals surface area contributed by atoms with Gasteiger partial charge in [-0.05, 0) is 37.3 Å². The quantitative estimate of drug-likeness (QED) is 0.353. The maximum atomic E-state index is 13.2. The van der Waals surface area contributed by atoms with Crippen molar-refractivity contribution < 1.29 is 24.1 Å². The van der Waals surface area contributed by atoms with E-state index in [1.807, 2.05) is 41.9 Å². The van der Waals surface area contributed by atoms with Crippen LogP contribution in [0, 0.1) is 0 Å². The highest BCUT2D eigenvalue weighted by atomic mass is 35.5. The average Bonchev–Trinajstić information content (AvgIpc) is 3.12. The van der Waals surface area contributed by atoms with E-state index in [0.29, 0.717) is 31.1 Å². The van der Waals surface area contributed by atoms with Crippen LogP contribution in [0.4, 0.5) is 0 Å². The van der Waals surface area contributed by atoms with Crippen LogP contribution >= 0.6 is 24.2 Å². The van der Waals surface area contributed by atoms with Gasteiger partial charge in [0.2, 0.25) is 0 Å². The Hall–Kier alpha value is -2.39. The summed E-state index contributed by atoms with van der Waals surface area (Å²) in [5.41, 5.74) is 3.06. The number of aromatic hydroxyl groups is 1. The minimum atomic E-state index is -0.363. The third-order valence-electron chi connectivity index (χ3n) is 5.95. The van der Waals surface area contributed by atoms with E-state index in [0.717, 1.165) is 45.9 Å². The Bertz CT molecular complexity index is 1140. The van der Waals surface area contributed by atoms with Crippen LogP contribution in [0.25, 0.3) is 10.9 Å². The van der Waals surface area contributed by atoms with E-state index >= 15 is 0 Å². The Morgan fingerprint density at radius 3 is 2.68 bits per heavy atom. The summed E-state index contributed by atoms with van der Waals surface area (Å²) in [5, 5.41) is 11.6. The van der Waals surface area contributed by atoms with Gasteiger partial charge < -0.3 is 23.9 Å². The molecule has 2 heterocycles. The molecule has 0 amide bonds. The van der Waals surface area contributed by atoms with Crippen LogP contribution in [0.5, 0.6) is 11.5 Å². The second kappa shape index (κ2) is 11.8. The number of esters is 1. The molecular formula is C25H31ClN2O5S. The number of benzene rings is 2. The molecule has 9 heteroatoms. The lowest BCUT2D eigenvalue weighted by molar-refractivity contribution is 0.0340. The number of nitrogens with zero attached hydrogens (tertiary/aromatic N) is 2. The van der Waals surface area contributed by atoms with Crippen molar-refractivity contribution in [2.75, 3.05) is 40.0 Å². The van der Waals surface area contributed by atoms with Crippen LogP contribution in [0.3, 0.4) is 0 Å². The largest absolute Gasteiger partial charge is 0.508 e. The average molecular weight is 507 g/mol. The summed E-state index contributed by atoms with van der Waals surface area (Å²) in [6.45, 7) is 5.55. The van der Waals surface area contributed by atoms with Gasteiger partial charge in [0.05, 0.1) is 32.5 Å². The Balaban J connectivity index is 0.00000324. The first-order valence-corrected chi connectivity index (χ1v) is 12.1. The van der Waals surface area contributed by atoms with Crippen LogP contribution < -0.4 is 4.74 Å². The Morgan fingerprint density at radius 1 is 1.21 bits per heavy atom. The molecule has 0 atom stereocenters. The number of ether oxygens (including phenoxy) is 3. The number of rotatable bonds is 8. The summed E-state index contributed by atoms with van der Waals surface area (Å²) in [6.07, 6.45) is 0. The van der Waals surface area contributed by atoms with Crippen LogP contribution in [-0.4, -0.2) is 60.6 Å². The van der Waals surface area contributed by atoms with Crippen LogP contribution in [-0.2, 0) is 28.8 Å². The van der Waals surface area contributed by atoms with E-state index in [9.17, 15) is 9.90 Å². The molecule has 1 aliphatic rings. The van der Waals surface area contributed by atoms with E-state index in [-0.39, 0.29) is 30.7 Å². The van der Waals surface area contributed by atoms with Gasteiger partial charge in [0.1, 0.15) is 11.5 Å². The maximum absolute atomic E-state index is 13.2. The third-order valence-corrected chi connectivity index (χ3v) is 6.96. The number of halogens is 1. The standard InChI is InChI=1S/C25H30N2O5S.ClH/c1-4-32-25(29)24-21(16-33-18-7-5-6-17(14-18)30-3)26(2)20-8-9-22(28)19(23(20)24)15-27-10-12-31-13-11-27;/h5-9,14,28H,4,10-13,15-16H2,1-3H3;1H. The molecule has 4 rings (SSSR count). The molecule has 0 bridgehead atoms. The van der Waals surface area contributed by atoms with Gasteiger partial charge in [0.25, 0.3) is 0 Å². The number of phenolic OH excluding ortho intramolecular Hbond substituents is 1. The van der Waals surface area contributed by atoms with Crippen LogP contribution in [0.2, 0.25) is 0 Å². The van der Waals surface area contributed by atoms with Gasteiger partial charge in [0, 0.05) is 59.5 Å². The highest BCUT2D eigenvalue weighted by Gasteiger charge is 2.27. The molecule has 1 N–H and O–H groups in total. The number of aromatic nitrogens is 1. The van der Waals surface area contributed by atoms with E-state index < -0.39 is 0 Å². The first kappa shape index (κ1) is 26.2. The minimum absolute atomic E-state index is 0. The number of phenols is 1. The molecule has 0 spiro atoms. The fraction of sp³-hybridized carbons (Fsp3) is 0.400. The summed E-state index contributed by atoms with van der Waals surface area (Å²) in [6, 6.07) is 11.4. The van der Waals surface area contributed by atoms with Crippen molar-refractivity contribution >= 4 is 41.0 Å². The molecule has 1 fully saturated rings. The molecule has 0 aliphatic carbocycles. The van der Waals surface area contributed by atoms with E-state index in [1.165, 1.54) is 0 Å². The van der Waals surface area contributed by atoms with E-state index in [1.54, 1.807) is 31.9 Å². The number of fused-ring (bicyclic) bond motifs is 1. The monoisotopic (exact) mass is 506 g/mol. The number of hydrogen-bond acceptors (Lipinski definition) is 7. The van der Waals surface area contributed by atoms with Crippen LogP contribution in [0.1, 0.15) is 28.5 Å². The van der Waals surface area contributed by atoms with Crippen molar-refractivity contribution in [3.8, 4) is 11.5 Å². The van der Waals surface area contributed by atoms with Gasteiger partial charge >= 0.3 is 5.97 Å². The van der Waals surface area contributed by atoms with E-state index in [2.05, 4.69) is 4.90 Å². The van der Waals surface area contributed by atoms with Gasteiger partial charge in [-0.25, -0.2) is 4.79 Å². The Morgan fingerprint density at radius 2 is 1.97 bits per heavy atom. The SMILES string of the molecule is CCOC(=O)c1c(CSc2cccc(OC)c2)n(C)c2ccc(O)c(CN3CCOCC3)c12.Cl. The molecule has 34 heavy (non-hydrogen) atoms. The van der Waals surface area contributed by atoms with Gasteiger partial charge in [-0.2, -0.15) is 0 Å². The zero-order valence-electron chi connectivity index (χ0n) is 19.7. The normalized spacial score (nSPS) is 14.1. The summed E-state index contributed by atoms with van der Waals surface area (Å²) >= 11 is 1.63. The lowest BCUT2D eigenvalue weighted by atomic mass is 10.0. The molecule has 3 aromatic rings. The van der Waals surface area contributed by atoms with E-state index in [4.69, 9.17) is 14.2 Å². The zero-order chi connectivity index (χ0) is 23.4. The topological polar surface area (TPSA) is 73.2 Å². The summed E-state index contributed by atoms with van der Waals surface area (Å²) in [4.78, 5) is 16.5. The first-order chi connectivity index (χ1) is 16.0. The smallest absolute Gasteiger partial charge is 0.340 e. The lowest BCUT2D eigenvalue weighted by Crippen LogP contribution is -2.35. The van der Waals surface area contributed by atoms with Gasteiger partial charge in [-0.1, -0.05) is 6.07 Å². The fourth-order valence-corrected chi connectivity index (χ4v) is 5.23. The van der Waals surface area contributed by atoms with Crippen LogP contribution in [0.15, 0.2) is 41.3 Å². The number of morpholine rings is 1. The molecule has 1 aliphatic heterocycles. The summed E-state index contributed by atoms with van der Waals surface area (Å²) in [7, 11) is 3.61. The molecular weight excluding hydrogens is 476 g/mol. The zero-order valence-corrected chi connectivity index (χ0v) is 21.3. The van der Waals surface area contributed by atoms with Crippen molar-refractivity contribution in [2.24, 2.45) is 7.05 Å². The Kier molecular flexibility index (Phi) is 9.13. The molecule has 184 valence electrons. The molecule has 1 saturated heterocycles. The predicted octanol–water partition coefficient (Wildman–Crippen LogP) is 4.62. The van der Waals surface area contributed by atoms with Gasteiger partial charge in [0.15, 0.2) is 0 Å². The second-order valence-electron chi connectivity index (χ2n) is 7.91. The lowest BCUT2D eigenvalue weighted by Gasteiger charge is -2.27. The summed E-state index contributed by atoms with van der Waals surface area (Å²) in [5.74, 6) is 1.19. The predicted molar refractivity (Wildman–Crippen MR) is 136 cm³/mol. The molecule has 7 nitrogen and oxygen atoms in total. The molecule has 1 aromatic heterocycles. The van der Waals surface area contributed by atoms with Gasteiger partial charge in [-0.3, -0.25) is 4.90 Å². The number of carbonyl (C=O) groups excluding carboxylic acids is 1. The first-order valence-electron chi connectivity index (χ1n) is 11.1. The number of carbonyl (C=O) groups is 1. The van der Waals surface area contributed by atoms with Gasteiger partial charge in [-0.15, -0.1) is 24.2 Å². The van der Waals surface area contributed by atoms with Crippen molar-refractivity contribution in [1.29, 1.82) is 0 Å². The maximum Gasteiger partial charge on any atom is 0.340 e. The minimum Gasteiger partial charge on any atom is -0.508 e. The highest BCUT2D eigenvalue weighted by Crippen LogP contribution is 2.37.